The van der Waals surface area contributed by atoms with Crippen LogP contribution in [0.5, 0.6) is 0 Å². The minimum absolute atomic E-state index is 0.0378. The molecule has 4 rings (SSSR count). The molecular formula is C19H15N3O4S3. The van der Waals surface area contributed by atoms with Gasteiger partial charge in [-0.05, 0) is 41.8 Å². The molecule has 29 heavy (non-hydrogen) atoms. The quantitative estimate of drug-likeness (QED) is 0.444. The second-order valence-corrected chi connectivity index (χ2v) is 9.34. The number of carbonyl (C=O) groups is 1. The number of nitrogens with one attached hydrogen (secondary N) is 2. The minimum atomic E-state index is -3.76. The summed E-state index contributed by atoms with van der Waals surface area (Å²) in [4.78, 5) is 16.9. The van der Waals surface area contributed by atoms with E-state index in [1.807, 2.05) is 16.8 Å². The summed E-state index contributed by atoms with van der Waals surface area (Å²) >= 11 is 2.94. The zero-order valence-electron chi connectivity index (χ0n) is 14.9. The molecule has 4 aromatic rings. The highest BCUT2D eigenvalue weighted by Gasteiger charge is 2.17. The van der Waals surface area contributed by atoms with Gasteiger partial charge in [0.25, 0.3) is 5.91 Å². The van der Waals surface area contributed by atoms with Gasteiger partial charge in [-0.25, -0.2) is 18.1 Å². The van der Waals surface area contributed by atoms with E-state index in [0.29, 0.717) is 11.4 Å². The van der Waals surface area contributed by atoms with Crippen LogP contribution in [0.15, 0.2) is 74.2 Å². The number of hydrogen-bond acceptors (Lipinski definition) is 7. The van der Waals surface area contributed by atoms with E-state index in [0.717, 1.165) is 10.6 Å². The lowest BCUT2D eigenvalue weighted by Crippen LogP contribution is -2.23. The molecule has 0 aliphatic rings. The number of hydrogen-bond donors (Lipinski definition) is 2. The lowest BCUT2D eigenvalue weighted by molar-refractivity contribution is 0.102. The zero-order valence-corrected chi connectivity index (χ0v) is 17.3. The molecule has 10 heteroatoms. The van der Waals surface area contributed by atoms with Gasteiger partial charge in [-0.1, -0.05) is 6.07 Å². The van der Waals surface area contributed by atoms with Crippen LogP contribution in [0.1, 0.15) is 16.2 Å². The van der Waals surface area contributed by atoms with Crippen molar-refractivity contribution in [2.45, 2.75) is 11.4 Å². The number of aromatic nitrogens is 1. The highest BCUT2D eigenvalue weighted by molar-refractivity contribution is 7.89. The van der Waals surface area contributed by atoms with Gasteiger partial charge in [0.1, 0.15) is 16.5 Å². The molecule has 0 aliphatic carbocycles. The number of amides is 1. The maximum absolute atomic E-state index is 12.5. The van der Waals surface area contributed by atoms with Crippen LogP contribution in [0.25, 0.3) is 10.6 Å². The van der Waals surface area contributed by atoms with Crippen LogP contribution >= 0.6 is 22.7 Å². The van der Waals surface area contributed by atoms with Gasteiger partial charge >= 0.3 is 0 Å². The van der Waals surface area contributed by atoms with Crippen LogP contribution in [-0.4, -0.2) is 19.3 Å². The number of benzene rings is 1. The number of furan rings is 1. The van der Waals surface area contributed by atoms with Gasteiger partial charge in [-0.2, -0.15) is 11.3 Å². The first-order valence-electron chi connectivity index (χ1n) is 8.43. The van der Waals surface area contributed by atoms with E-state index in [4.69, 9.17) is 4.42 Å². The Kier molecular flexibility index (Phi) is 5.58. The Hall–Kier alpha value is -2.79. The molecule has 0 bridgehead atoms. The molecule has 0 fully saturated rings. The van der Waals surface area contributed by atoms with Crippen molar-refractivity contribution < 1.29 is 17.6 Å². The van der Waals surface area contributed by atoms with E-state index in [9.17, 15) is 13.2 Å². The third-order valence-electron chi connectivity index (χ3n) is 3.92. The number of carbonyl (C=O) groups excluding carboxylic acids is 1. The number of anilines is 1. The molecular weight excluding hydrogens is 430 g/mol. The van der Waals surface area contributed by atoms with Crippen molar-refractivity contribution in [2.24, 2.45) is 0 Å². The largest absolute Gasteiger partial charge is 0.468 e. The fourth-order valence-corrected chi connectivity index (χ4v) is 5.05. The van der Waals surface area contributed by atoms with E-state index in [1.165, 1.54) is 29.7 Å². The number of thiazole rings is 1. The van der Waals surface area contributed by atoms with E-state index >= 15 is 0 Å². The molecule has 7 nitrogen and oxygen atoms in total. The Balaban J connectivity index is 1.46. The SMILES string of the molecule is O=C(Nc1cccc(S(=O)(=O)NCc2ccco2)c1)c1csc(-c2ccsc2)n1. The lowest BCUT2D eigenvalue weighted by atomic mass is 10.3. The van der Waals surface area contributed by atoms with Gasteiger partial charge in [0.2, 0.25) is 10.0 Å². The molecule has 1 amide bonds. The van der Waals surface area contributed by atoms with Crippen molar-refractivity contribution in [1.82, 2.24) is 9.71 Å². The summed E-state index contributed by atoms with van der Waals surface area (Å²) in [6, 6.07) is 11.3. The second-order valence-electron chi connectivity index (χ2n) is 5.94. The van der Waals surface area contributed by atoms with Crippen LogP contribution in [0.4, 0.5) is 5.69 Å². The van der Waals surface area contributed by atoms with Crippen molar-refractivity contribution in [1.29, 1.82) is 0 Å². The summed E-state index contributed by atoms with van der Waals surface area (Å²) in [5.41, 5.74) is 1.61. The Morgan fingerprint density at radius 2 is 2.03 bits per heavy atom. The van der Waals surface area contributed by atoms with Gasteiger partial charge in [0, 0.05) is 22.0 Å². The Morgan fingerprint density at radius 3 is 2.79 bits per heavy atom. The van der Waals surface area contributed by atoms with Crippen molar-refractivity contribution in [3.63, 3.8) is 0 Å². The third-order valence-corrected chi connectivity index (χ3v) is 6.90. The number of rotatable bonds is 7. The fourth-order valence-electron chi connectivity index (χ4n) is 2.50. The molecule has 148 valence electrons. The van der Waals surface area contributed by atoms with Crippen LogP contribution < -0.4 is 10.0 Å². The molecule has 0 unspecified atom stereocenters. The van der Waals surface area contributed by atoms with Gasteiger partial charge < -0.3 is 9.73 Å². The van der Waals surface area contributed by atoms with Crippen LogP contribution in [-0.2, 0) is 16.6 Å². The maximum atomic E-state index is 12.5. The predicted octanol–water partition coefficient (Wildman–Crippen LogP) is 4.20. The topological polar surface area (TPSA) is 101 Å². The third kappa shape index (κ3) is 4.62. The Labute approximate surface area is 175 Å². The van der Waals surface area contributed by atoms with Crippen LogP contribution in [0, 0.1) is 0 Å². The standard InChI is InChI=1S/C19H15N3O4S3/c23-18(17-12-28-19(22-17)13-6-8-27-11-13)21-14-3-1-5-16(9-14)29(24,25)20-10-15-4-2-7-26-15/h1-9,11-12,20H,10H2,(H,21,23). The van der Waals surface area contributed by atoms with E-state index in [1.54, 1.807) is 41.0 Å². The first kappa shape index (κ1) is 19.5. The molecule has 0 saturated carbocycles. The molecule has 3 aromatic heterocycles. The maximum Gasteiger partial charge on any atom is 0.275 e. The Bertz CT molecular complexity index is 1210. The summed E-state index contributed by atoms with van der Waals surface area (Å²) in [6.45, 7) is 0.0378. The number of sulfonamides is 1. The van der Waals surface area contributed by atoms with E-state index in [2.05, 4.69) is 15.0 Å². The molecule has 1 aromatic carbocycles. The first-order chi connectivity index (χ1) is 14.0. The second kappa shape index (κ2) is 8.29. The van der Waals surface area contributed by atoms with Crippen molar-refractivity contribution in [3.05, 3.63) is 76.3 Å². The fraction of sp³-hybridized carbons (Fsp3) is 0.0526. The number of thiophene rings is 1. The van der Waals surface area contributed by atoms with Gasteiger partial charge in [-0.3, -0.25) is 4.79 Å². The molecule has 2 N–H and O–H groups in total. The van der Waals surface area contributed by atoms with Gasteiger partial charge in [0.15, 0.2) is 0 Å². The van der Waals surface area contributed by atoms with Crippen molar-refractivity contribution >= 4 is 44.3 Å². The predicted molar refractivity (Wildman–Crippen MR) is 113 cm³/mol. The number of nitrogens with zero attached hydrogens (tertiary/aromatic N) is 1. The zero-order chi connectivity index (χ0) is 20.3. The summed E-state index contributed by atoms with van der Waals surface area (Å²) in [5, 5.41) is 9.04. The Morgan fingerprint density at radius 1 is 1.14 bits per heavy atom. The summed E-state index contributed by atoms with van der Waals surface area (Å²) in [7, 11) is -3.76. The molecule has 0 saturated heterocycles. The highest BCUT2D eigenvalue weighted by Crippen LogP contribution is 2.26. The van der Waals surface area contributed by atoms with Gasteiger partial charge in [-0.15, -0.1) is 11.3 Å². The van der Waals surface area contributed by atoms with Crippen LogP contribution in [0.2, 0.25) is 0 Å². The molecule has 0 atom stereocenters. The van der Waals surface area contributed by atoms with Crippen LogP contribution in [0.3, 0.4) is 0 Å². The average Bonchev–Trinajstić information content (AvgIpc) is 3.49. The monoisotopic (exact) mass is 445 g/mol. The molecule has 0 aliphatic heterocycles. The van der Waals surface area contributed by atoms with E-state index in [-0.39, 0.29) is 17.1 Å². The molecule has 3 heterocycles. The first-order valence-corrected chi connectivity index (χ1v) is 11.7. The normalized spacial score (nSPS) is 11.4. The summed E-state index contributed by atoms with van der Waals surface area (Å²) in [6.07, 6.45) is 1.47. The minimum Gasteiger partial charge on any atom is -0.468 e. The van der Waals surface area contributed by atoms with Gasteiger partial charge in [0.05, 0.1) is 17.7 Å². The molecule has 0 radical (unpaired) electrons. The molecule has 0 spiro atoms. The summed E-state index contributed by atoms with van der Waals surface area (Å²) < 4.78 is 32.6. The van der Waals surface area contributed by atoms with E-state index < -0.39 is 15.9 Å². The average molecular weight is 446 g/mol. The van der Waals surface area contributed by atoms with Crippen molar-refractivity contribution in [2.75, 3.05) is 5.32 Å². The smallest absolute Gasteiger partial charge is 0.275 e. The summed E-state index contributed by atoms with van der Waals surface area (Å²) in [5.74, 6) is 0.101. The highest BCUT2D eigenvalue weighted by atomic mass is 32.2. The van der Waals surface area contributed by atoms with Crippen molar-refractivity contribution in [3.8, 4) is 10.6 Å². The lowest BCUT2D eigenvalue weighted by Gasteiger charge is -2.08.